The zero-order valence-corrected chi connectivity index (χ0v) is 12.3. The van der Waals surface area contributed by atoms with Gasteiger partial charge in [0.1, 0.15) is 10.7 Å². The van der Waals surface area contributed by atoms with E-state index < -0.39 is 0 Å². The van der Waals surface area contributed by atoms with Gasteiger partial charge in [0, 0.05) is 18.0 Å². The summed E-state index contributed by atoms with van der Waals surface area (Å²) in [5.41, 5.74) is 6.05. The summed E-state index contributed by atoms with van der Waals surface area (Å²) >= 11 is 1.45. The number of aromatic nitrogens is 1. The first-order valence-electron chi connectivity index (χ1n) is 7.20. The van der Waals surface area contributed by atoms with E-state index in [4.69, 9.17) is 5.73 Å². The Hall–Kier alpha value is -0.940. The molecule has 106 valence electrons. The average molecular weight is 281 g/mol. The highest BCUT2D eigenvalue weighted by Gasteiger charge is 2.28. The Bertz CT molecular complexity index is 415. The molecule has 0 radical (unpaired) electrons. The third-order valence-electron chi connectivity index (χ3n) is 3.86. The molecule has 1 aromatic rings. The summed E-state index contributed by atoms with van der Waals surface area (Å²) in [7, 11) is 0. The van der Waals surface area contributed by atoms with E-state index in [9.17, 15) is 4.79 Å². The smallest absolute Gasteiger partial charge is 0.270 e. The molecule has 1 aliphatic carbocycles. The first-order valence-corrected chi connectivity index (χ1v) is 8.08. The number of amides is 1. The molecule has 0 saturated heterocycles. The summed E-state index contributed by atoms with van der Waals surface area (Å²) in [5, 5.41) is 5.79. The Kier molecular flexibility index (Phi) is 5.34. The number of carbonyl (C=O) groups is 1. The standard InChI is InChI=1S/C14H23N3OS/c1-2-3-7-11(10-5-4-6-10)17-14(18)12-9-19-13(8-15)16-12/h9-11H,2-8,15H2,1H3,(H,17,18). The second kappa shape index (κ2) is 7.01. The lowest BCUT2D eigenvalue weighted by atomic mass is 9.78. The van der Waals surface area contributed by atoms with Gasteiger partial charge in [0.2, 0.25) is 0 Å². The fourth-order valence-electron chi connectivity index (χ4n) is 2.44. The van der Waals surface area contributed by atoms with E-state index in [1.54, 1.807) is 5.38 Å². The SMILES string of the molecule is CCCCC(NC(=O)c1csc(CN)n1)C1CCC1. The molecule has 1 unspecified atom stereocenters. The van der Waals surface area contributed by atoms with Crippen molar-refractivity contribution >= 4 is 17.2 Å². The van der Waals surface area contributed by atoms with Gasteiger partial charge in [-0.05, 0) is 25.2 Å². The summed E-state index contributed by atoms with van der Waals surface area (Å²) in [6, 6.07) is 0.323. The molecule has 3 N–H and O–H groups in total. The predicted octanol–water partition coefficient (Wildman–Crippen LogP) is 2.69. The highest BCUT2D eigenvalue weighted by atomic mass is 32.1. The molecule has 19 heavy (non-hydrogen) atoms. The first kappa shape index (κ1) is 14.5. The maximum Gasteiger partial charge on any atom is 0.270 e. The summed E-state index contributed by atoms with van der Waals surface area (Å²) in [4.78, 5) is 16.4. The number of unbranched alkanes of at least 4 members (excludes halogenated alkanes) is 1. The first-order chi connectivity index (χ1) is 9.24. The van der Waals surface area contributed by atoms with Crippen LogP contribution in [0.25, 0.3) is 0 Å². The van der Waals surface area contributed by atoms with Crippen LogP contribution in [0.5, 0.6) is 0 Å². The van der Waals surface area contributed by atoms with Gasteiger partial charge in [-0.25, -0.2) is 4.98 Å². The predicted molar refractivity (Wildman–Crippen MR) is 78.1 cm³/mol. The molecule has 1 atom stereocenters. The topological polar surface area (TPSA) is 68.0 Å². The van der Waals surface area contributed by atoms with Crippen LogP contribution in [-0.2, 0) is 6.54 Å². The summed E-state index contributed by atoms with van der Waals surface area (Å²) in [6.45, 7) is 2.59. The van der Waals surface area contributed by atoms with E-state index in [2.05, 4.69) is 17.2 Å². The van der Waals surface area contributed by atoms with E-state index in [0.29, 0.717) is 24.2 Å². The van der Waals surface area contributed by atoms with Gasteiger partial charge in [-0.2, -0.15) is 0 Å². The third-order valence-corrected chi connectivity index (χ3v) is 4.73. The molecule has 1 fully saturated rings. The average Bonchev–Trinajstić information content (AvgIpc) is 2.82. The summed E-state index contributed by atoms with van der Waals surface area (Å²) in [5.74, 6) is 0.632. The van der Waals surface area contributed by atoms with Crippen LogP contribution < -0.4 is 11.1 Å². The number of hydrogen-bond acceptors (Lipinski definition) is 4. The van der Waals surface area contributed by atoms with Crippen molar-refractivity contribution in [3.8, 4) is 0 Å². The van der Waals surface area contributed by atoms with Gasteiger partial charge in [-0.1, -0.05) is 26.2 Å². The molecule has 2 rings (SSSR count). The number of nitrogens with zero attached hydrogens (tertiary/aromatic N) is 1. The quantitative estimate of drug-likeness (QED) is 0.807. The van der Waals surface area contributed by atoms with Crippen LogP contribution in [0.1, 0.15) is 60.9 Å². The van der Waals surface area contributed by atoms with Crippen molar-refractivity contribution in [3.63, 3.8) is 0 Å². The molecular weight excluding hydrogens is 258 g/mol. The Morgan fingerprint density at radius 3 is 2.95 bits per heavy atom. The Balaban J connectivity index is 1.93. The van der Waals surface area contributed by atoms with E-state index in [1.807, 2.05) is 0 Å². The Morgan fingerprint density at radius 2 is 2.42 bits per heavy atom. The van der Waals surface area contributed by atoms with E-state index in [-0.39, 0.29) is 5.91 Å². The maximum atomic E-state index is 12.2. The fourth-order valence-corrected chi connectivity index (χ4v) is 3.10. The van der Waals surface area contributed by atoms with E-state index in [1.165, 1.54) is 43.4 Å². The van der Waals surface area contributed by atoms with Gasteiger partial charge in [-0.15, -0.1) is 11.3 Å². The zero-order valence-electron chi connectivity index (χ0n) is 11.5. The van der Waals surface area contributed by atoms with Crippen LogP contribution >= 0.6 is 11.3 Å². The van der Waals surface area contributed by atoms with Gasteiger partial charge < -0.3 is 11.1 Å². The lowest BCUT2D eigenvalue weighted by Crippen LogP contribution is -2.43. The third kappa shape index (κ3) is 3.76. The van der Waals surface area contributed by atoms with Gasteiger partial charge in [-0.3, -0.25) is 4.79 Å². The normalized spacial score (nSPS) is 16.9. The van der Waals surface area contributed by atoms with Crippen molar-refractivity contribution in [2.45, 2.75) is 58.0 Å². The zero-order chi connectivity index (χ0) is 13.7. The van der Waals surface area contributed by atoms with Crippen molar-refractivity contribution in [1.82, 2.24) is 10.3 Å². The largest absolute Gasteiger partial charge is 0.348 e. The Labute approximate surface area is 118 Å². The van der Waals surface area contributed by atoms with Crippen molar-refractivity contribution in [2.75, 3.05) is 0 Å². The van der Waals surface area contributed by atoms with Crippen LogP contribution in [0, 0.1) is 5.92 Å². The molecule has 0 aromatic carbocycles. The van der Waals surface area contributed by atoms with Crippen molar-refractivity contribution in [3.05, 3.63) is 16.1 Å². The maximum absolute atomic E-state index is 12.2. The fraction of sp³-hybridized carbons (Fsp3) is 0.714. The van der Waals surface area contributed by atoms with Gasteiger partial charge in [0.25, 0.3) is 5.91 Å². The van der Waals surface area contributed by atoms with E-state index >= 15 is 0 Å². The lowest BCUT2D eigenvalue weighted by molar-refractivity contribution is 0.0890. The monoisotopic (exact) mass is 281 g/mol. The molecule has 1 heterocycles. The molecule has 1 aliphatic rings. The molecule has 0 bridgehead atoms. The van der Waals surface area contributed by atoms with Crippen LogP contribution in [0.2, 0.25) is 0 Å². The highest BCUT2D eigenvalue weighted by Crippen LogP contribution is 2.31. The second-order valence-electron chi connectivity index (χ2n) is 5.24. The number of carbonyl (C=O) groups excluding carboxylic acids is 1. The number of thiazole rings is 1. The van der Waals surface area contributed by atoms with Crippen molar-refractivity contribution < 1.29 is 4.79 Å². The van der Waals surface area contributed by atoms with Crippen LogP contribution in [0.3, 0.4) is 0 Å². The van der Waals surface area contributed by atoms with Crippen LogP contribution in [0.4, 0.5) is 0 Å². The number of hydrogen-bond donors (Lipinski definition) is 2. The van der Waals surface area contributed by atoms with Crippen LogP contribution in [-0.4, -0.2) is 16.9 Å². The molecule has 1 saturated carbocycles. The van der Waals surface area contributed by atoms with Crippen LogP contribution in [0.15, 0.2) is 5.38 Å². The molecule has 0 spiro atoms. The molecule has 1 amide bonds. The molecule has 0 aliphatic heterocycles. The van der Waals surface area contributed by atoms with Gasteiger partial charge >= 0.3 is 0 Å². The lowest BCUT2D eigenvalue weighted by Gasteiger charge is -2.34. The minimum atomic E-state index is -0.0380. The highest BCUT2D eigenvalue weighted by molar-refractivity contribution is 7.09. The molecule has 1 aromatic heterocycles. The summed E-state index contributed by atoms with van der Waals surface area (Å²) < 4.78 is 0. The molecule has 5 heteroatoms. The minimum Gasteiger partial charge on any atom is -0.348 e. The molecule has 4 nitrogen and oxygen atoms in total. The Morgan fingerprint density at radius 1 is 1.63 bits per heavy atom. The summed E-state index contributed by atoms with van der Waals surface area (Å²) in [6.07, 6.45) is 7.23. The number of nitrogens with two attached hydrogens (primary N) is 1. The molecular formula is C14H23N3OS. The van der Waals surface area contributed by atoms with Gasteiger partial charge in [0.15, 0.2) is 0 Å². The van der Waals surface area contributed by atoms with Crippen molar-refractivity contribution in [1.29, 1.82) is 0 Å². The minimum absolute atomic E-state index is 0.0380. The van der Waals surface area contributed by atoms with E-state index in [0.717, 1.165) is 11.4 Å². The van der Waals surface area contributed by atoms with Crippen molar-refractivity contribution in [2.24, 2.45) is 11.7 Å². The second-order valence-corrected chi connectivity index (χ2v) is 6.19. The van der Waals surface area contributed by atoms with Gasteiger partial charge in [0.05, 0.1) is 0 Å². The number of nitrogens with one attached hydrogen (secondary N) is 1. The number of rotatable bonds is 7.